The molecule has 6 nitrogen and oxygen atoms in total. The van der Waals surface area contributed by atoms with Gasteiger partial charge < -0.3 is 10.1 Å². The summed E-state index contributed by atoms with van der Waals surface area (Å²) < 4.78 is 19.2. The predicted octanol–water partition coefficient (Wildman–Crippen LogP) is 3.36. The lowest BCUT2D eigenvalue weighted by molar-refractivity contribution is 0.0600. The van der Waals surface area contributed by atoms with Crippen LogP contribution >= 0.6 is 0 Å². The molecule has 3 aromatic rings. The number of carbonyl (C=O) groups excluding carboxylic acids is 2. The van der Waals surface area contributed by atoms with E-state index in [0.29, 0.717) is 16.9 Å². The molecular weight excluding hydrogens is 337 g/mol. The van der Waals surface area contributed by atoms with Crippen molar-refractivity contribution in [2.75, 3.05) is 12.4 Å². The molecule has 0 fully saturated rings. The number of aryl methyl sites for hydroxylation is 1. The van der Waals surface area contributed by atoms with Gasteiger partial charge in [-0.25, -0.2) is 13.9 Å². The van der Waals surface area contributed by atoms with Gasteiger partial charge in [-0.15, -0.1) is 0 Å². The molecule has 0 saturated carbocycles. The smallest absolute Gasteiger partial charge is 0.337 e. The molecule has 1 amide bonds. The number of esters is 1. The molecule has 1 N–H and O–H groups in total. The number of aromatic nitrogens is 2. The summed E-state index contributed by atoms with van der Waals surface area (Å²) in [6.45, 7) is 1.78. The number of methoxy groups -OCH3 is 1. The lowest BCUT2D eigenvalue weighted by Crippen LogP contribution is -2.14. The van der Waals surface area contributed by atoms with E-state index in [1.165, 1.54) is 23.9 Å². The van der Waals surface area contributed by atoms with Crippen LogP contribution in [-0.4, -0.2) is 28.8 Å². The fourth-order valence-corrected chi connectivity index (χ4v) is 2.42. The summed E-state index contributed by atoms with van der Waals surface area (Å²) in [5, 5.41) is 6.96. The highest BCUT2D eigenvalue weighted by molar-refractivity contribution is 6.03. The van der Waals surface area contributed by atoms with E-state index in [1.54, 1.807) is 49.5 Å². The van der Waals surface area contributed by atoms with E-state index in [-0.39, 0.29) is 17.4 Å². The molecule has 3 rings (SSSR count). The maximum absolute atomic E-state index is 13.0. The summed E-state index contributed by atoms with van der Waals surface area (Å²) in [5.41, 5.74) is 2.55. The lowest BCUT2D eigenvalue weighted by Gasteiger charge is -2.08. The number of carbonyl (C=O) groups is 2. The molecule has 0 radical (unpaired) electrons. The largest absolute Gasteiger partial charge is 0.465 e. The van der Waals surface area contributed by atoms with E-state index in [1.807, 2.05) is 0 Å². The topological polar surface area (TPSA) is 73.2 Å². The summed E-state index contributed by atoms with van der Waals surface area (Å²) in [6, 6.07) is 12.2. The van der Waals surface area contributed by atoms with Crippen LogP contribution in [0.25, 0.3) is 5.69 Å². The molecule has 26 heavy (non-hydrogen) atoms. The summed E-state index contributed by atoms with van der Waals surface area (Å²) >= 11 is 0. The molecule has 0 spiro atoms. The minimum atomic E-state index is -0.441. The second kappa shape index (κ2) is 7.18. The lowest BCUT2D eigenvalue weighted by atomic mass is 10.1. The minimum Gasteiger partial charge on any atom is -0.465 e. The second-order valence-corrected chi connectivity index (χ2v) is 5.60. The summed E-state index contributed by atoms with van der Waals surface area (Å²) in [6.07, 6.45) is 1.62. The first-order valence-corrected chi connectivity index (χ1v) is 7.80. The predicted molar refractivity (Wildman–Crippen MR) is 94.0 cm³/mol. The van der Waals surface area contributed by atoms with Crippen LogP contribution in [0, 0.1) is 12.7 Å². The number of amides is 1. The van der Waals surface area contributed by atoms with E-state index in [2.05, 4.69) is 15.2 Å². The normalized spacial score (nSPS) is 10.4. The fraction of sp³-hybridized carbons (Fsp3) is 0.105. The molecule has 0 unspecified atom stereocenters. The number of hydrogen-bond donors (Lipinski definition) is 1. The van der Waals surface area contributed by atoms with E-state index in [0.717, 1.165) is 5.56 Å². The molecular formula is C19H16FN3O3. The Kier molecular flexibility index (Phi) is 4.79. The van der Waals surface area contributed by atoms with Crippen molar-refractivity contribution >= 4 is 17.6 Å². The number of ether oxygens (including phenoxy) is 1. The number of nitrogens with one attached hydrogen (secondary N) is 1. The second-order valence-electron chi connectivity index (χ2n) is 5.60. The van der Waals surface area contributed by atoms with Gasteiger partial charge in [-0.3, -0.25) is 4.79 Å². The Morgan fingerprint density at radius 1 is 1.12 bits per heavy atom. The Morgan fingerprint density at radius 2 is 1.85 bits per heavy atom. The number of halogens is 1. The molecule has 0 aliphatic carbocycles. The molecule has 0 aliphatic heterocycles. The standard InChI is InChI=1S/C19H16FN3O3/c1-12-11-13(19(25)26-2)3-8-16(12)21-18(24)17-9-10-23(22-17)15-6-4-14(20)5-7-15/h3-11H,1-2H3,(H,21,24). The van der Waals surface area contributed by atoms with Crippen LogP contribution in [0.4, 0.5) is 10.1 Å². The SMILES string of the molecule is COC(=O)c1ccc(NC(=O)c2ccn(-c3ccc(F)cc3)n2)c(C)c1. The zero-order valence-corrected chi connectivity index (χ0v) is 14.2. The summed E-state index contributed by atoms with van der Waals surface area (Å²) in [4.78, 5) is 23.9. The van der Waals surface area contributed by atoms with Gasteiger partial charge in [0, 0.05) is 11.9 Å². The molecule has 2 aromatic carbocycles. The molecule has 132 valence electrons. The van der Waals surface area contributed by atoms with Crippen LogP contribution in [0.2, 0.25) is 0 Å². The quantitative estimate of drug-likeness (QED) is 0.730. The van der Waals surface area contributed by atoms with Crippen molar-refractivity contribution in [1.29, 1.82) is 0 Å². The third-order valence-corrected chi connectivity index (χ3v) is 3.81. The monoisotopic (exact) mass is 353 g/mol. The number of rotatable bonds is 4. The van der Waals surface area contributed by atoms with Crippen LogP contribution in [0.5, 0.6) is 0 Å². The first kappa shape index (κ1) is 17.3. The highest BCUT2D eigenvalue weighted by Gasteiger charge is 2.13. The Labute approximate surface area is 149 Å². The molecule has 7 heteroatoms. The highest BCUT2D eigenvalue weighted by atomic mass is 19.1. The van der Waals surface area contributed by atoms with Crippen molar-refractivity contribution in [3.63, 3.8) is 0 Å². The van der Waals surface area contributed by atoms with Crippen LogP contribution in [0.15, 0.2) is 54.7 Å². The number of nitrogens with zero attached hydrogens (tertiary/aromatic N) is 2. The Balaban J connectivity index is 1.76. The number of anilines is 1. The Hall–Kier alpha value is -3.48. The number of benzene rings is 2. The van der Waals surface area contributed by atoms with Gasteiger partial charge >= 0.3 is 5.97 Å². The Morgan fingerprint density at radius 3 is 2.50 bits per heavy atom. The van der Waals surface area contributed by atoms with Gasteiger partial charge in [0.1, 0.15) is 5.82 Å². The van der Waals surface area contributed by atoms with Gasteiger partial charge in [-0.1, -0.05) is 0 Å². The Bertz CT molecular complexity index is 964. The van der Waals surface area contributed by atoms with Gasteiger partial charge in [0.2, 0.25) is 0 Å². The molecule has 0 saturated heterocycles. The van der Waals surface area contributed by atoms with Crippen molar-refractivity contribution in [2.45, 2.75) is 6.92 Å². The van der Waals surface area contributed by atoms with Crippen molar-refractivity contribution in [3.8, 4) is 5.69 Å². The zero-order chi connectivity index (χ0) is 18.7. The van der Waals surface area contributed by atoms with Crippen LogP contribution < -0.4 is 5.32 Å². The highest BCUT2D eigenvalue weighted by Crippen LogP contribution is 2.18. The average molecular weight is 353 g/mol. The summed E-state index contributed by atoms with van der Waals surface area (Å²) in [7, 11) is 1.31. The van der Waals surface area contributed by atoms with Crippen molar-refractivity contribution in [1.82, 2.24) is 9.78 Å². The number of hydrogen-bond acceptors (Lipinski definition) is 4. The molecule has 0 bridgehead atoms. The zero-order valence-electron chi connectivity index (χ0n) is 14.2. The molecule has 1 aromatic heterocycles. The van der Waals surface area contributed by atoms with Crippen LogP contribution in [0.1, 0.15) is 26.4 Å². The molecule has 0 aliphatic rings. The third kappa shape index (κ3) is 3.61. The van der Waals surface area contributed by atoms with Gasteiger partial charge in [0.05, 0.1) is 18.4 Å². The van der Waals surface area contributed by atoms with Crippen LogP contribution in [-0.2, 0) is 4.74 Å². The third-order valence-electron chi connectivity index (χ3n) is 3.81. The van der Waals surface area contributed by atoms with E-state index in [9.17, 15) is 14.0 Å². The van der Waals surface area contributed by atoms with E-state index >= 15 is 0 Å². The average Bonchev–Trinajstić information content (AvgIpc) is 3.13. The van der Waals surface area contributed by atoms with Gasteiger partial charge in [0.15, 0.2) is 5.69 Å². The summed E-state index contributed by atoms with van der Waals surface area (Å²) in [5.74, 6) is -1.17. The van der Waals surface area contributed by atoms with Gasteiger partial charge in [0.25, 0.3) is 5.91 Å². The maximum atomic E-state index is 13.0. The maximum Gasteiger partial charge on any atom is 0.337 e. The first-order valence-electron chi connectivity index (χ1n) is 7.80. The minimum absolute atomic E-state index is 0.214. The van der Waals surface area contributed by atoms with Gasteiger partial charge in [-0.2, -0.15) is 5.10 Å². The molecule has 0 atom stereocenters. The van der Waals surface area contributed by atoms with Crippen molar-refractivity contribution in [3.05, 3.63) is 77.4 Å². The van der Waals surface area contributed by atoms with Crippen LogP contribution in [0.3, 0.4) is 0 Å². The van der Waals surface area contributed by atoms with E-state index in [4.69, 9.17) is 0 Å². The fourth-order valence-electron chi connectivity index (χ4n) is 2.42. The van der Waals surface area contributed by atoms with E-state index < -0.39 is 5.97 Å². The first-order chi connectivity index (χ1) is 12.5. The van der Waals surface area contributed by atoms with Gasteiger partial charge in [-0.05, 0) is 61.0 Å². The molecule has 1 heterocycles. The van der Waals surface area contributed by atoms with Crippen molar-refractivity contribution in [2.24, 2.45) is 0 Å². The van der Waals surface area contributed by atoms with Crippen molar-refractivity contribution < 1.29 is 18.7 Å².